The summed E-state index contributed by atoms with van der Waals surface area (Å²) in [5.41, 5.74) is 3.39. The maximum Gasteiger partial charge on any atom is 0.161 e. The van der Waals surface area contributed by atoms with Crippen molar-refractivity contribution in [1.29, 1.82) is 0 Å². The van der Waals surface area contributed by atoms with Crippen LogP contribution in [0, 0.1) is 5.92 Å². The van der Waals surface area contributed by atoms with E-state index < -0.39 is 0 Å². The second-order valence-electron chi connectivity index (χ2n) is 10.3. The van der Waals surface area contributed by atoms with E-state index in [0.717, 1.165) is 72.7 Å². The van der Waals surface area contributed by atoms with E-state index in [9.17, 15) is 5.11 Å². The fourth-order valence-electron chi connectivity index (χ4n) is 5.71. The Labute approximate surface area is 212 Å². The van der Waals surface area contributed by atoms with Crippen LogP contribution in [0.1, 0.15) is 24.8 Å². The highest BCUT2D eigenvalue weighted by atomic mass is 16.6. The third-order valence-electron chi connectivity index (χ3n) is 7.69. The Morgan fingerprint density at radius 2 is 1.92 bits per heavy atom. The van der Waals surface area contributed by atoms with E-state index in [0.29, 0.717) is 19.8 Å². The molecule has 6 rings (SSSR count). The van der Waals surface area contributed by atoms with Crippen molar-refractivity contribution in [3.63, 3.8) is 0 Å². The van der Waals surface area contributed by atoms with Gasteiger partial charge in [-0.2, -0.15) is 5.10 Å². The Morgan fingerprint density at radius 1 is 1.08 bits per heavy atom. The molecule has 2 saturated heterocycles. The summed E-state index contributed by atoms with van der Waals surface area (Å²) < 4.78 is 13.4. The van der Waals surface area contributed by atoms with Gasteiger partial charge in [-0.25, -0.2) is 0 Å². The average molecular weight is 489 g/mol. The Bertz CT molecular complexity index is 1250. The normalized spacial score (nSPS) is 21.4. The minimum absolute atomic E-state index is 0.0425. The van der Waals surface area contributed by atoms with Crippen molar-refractivity contribution in [2.75, 3.05) is 50.8 Å². The molecule has 8 nitrogen and oxygen atoms in total. The van der Waals surface area contributed by atoms with Crippen LogP contribution in [-0.4, -0.2) is 72.6 Å². The molecule has 4 heterocycles. The quantitative estimate of drug-likeness (QED) is 0.376. The lowest BCUT2D eigenvalue weighted by Crippen LogP contribution is -2.36. The van der Waals surface area contributed by atoms with Gasteiger partial charge in [0.2, 0.25) is 0 Å². The van der Waals surface area contributed by atoms with Gasteiger partial charge in [0.05, 0.1) is 17.8 Å². The summed E-state index contributed by atoms with van der Waals surface area (Å²) in [6.07, 6.45) is 5.90. The van der Waals surface area contributed by atoms with Gasteiger partial charge in [0.25, 0.3) is 0 Å². The zero-order valence-electron chi connectivity index (χ0n) is 20.9. The number of hydrogen-bond donors (Lipinski definition) is 0. The summed E-state index contributed by atoms with van der Waals surface area (Å²) in [5.74, 6) is 1.57. The van der Waals surface area contributed by atoms with Crippen LogP contribution >= 0.6 is 0 Å². The first-order chi connectivity index (χ1) is 17.6. The van der Waals surface area contributed by atoms with E-state index in [1.165, 1.54) is 12.8 Å². The molecule has 0 bridgehead atoms. The van der Waals surface area contributed by atoms with Gasteiger partial charge >= 0.3 is 0 Å². The molecule has 0 N–H and O–H groups in total. The summed E-state index contributed by atoms with van der Waals surface area (Å²) in [6.45, 7) is 5.75. The smallest absolute Gasteiger partial charge is 0.161 e. The molecular weight excluding hydrogens is 454 g/mol. The first-order valence-corrected chi connectivity index (χ1v) is 13.1. The van der Waals surface area contributed by atoms with Crippen LogP contribution in [0.3, 0.4) is 0 Å². The SMILES string of the molecule is Cn1ncc2ccc(N3CC[C@@H](C([O-])=NC(Cc4ccc5c(c4)OCCO5)CN4CCCC4)C3)cc21. The van der Waals surface area contributed by atoms with Crippen molar-refractivity contribution >= 4 is 22.5 Å². The van der Waals surface area contributed by atoms with Gasteiger partial charge in [-0.15, -0.1) is 0 Å². The second-order valence-corrected chi connectivity index (χ2v) is 10.3. The molecule has 0 saturated carbocycles. The topological polar surface area (TPSA) is 78.2 Å². The average Bonchev–Trinajstić information content (AvgIpc) is 3.66. The molecule has 36 heavy (non-hydrogen) atoms. The molecular formula is C28H34N5O3-. The maximum atomic E-state index is 13.4. The lowest BCUT2D eigenvalue weighted by Gasteiger charge is -2.26. The summed E-state index contributed by atoms with van der Waals surface area (Å²) in [7, 11) is 1.96. The van der Waals surface area contributed by atoms with E-state index >= 15 is 0 Å². The van der Waals surface area contributed by atoms with Crippen LogP contribution < -0.4 is 19.5 Å². The van der Waals surface area contributed by atoms with E-state index in [1.54, 1.807) is 0 Å². The number of rotatable bonds is 7. The Balaban J connectivity index is 1.17. The van der Waals surface area contributed by atoms with Crippen LogP contribution in [-0.2, 0) is 13.5 Å². The molecule has 0 radical (unpaired) electrons. The molecule has 8 heteroatoms. The predicted octanol–water partition coefficient (Wildman–Crippen LogP) is 2.64. The lowest BCUT2D eigenvalue weighted by molar-refractivity contribution is -0.223. The van der Waals surface area contributed by atoms with Gasteiger partial charge in [0, 0.05) is 43.7 Å². The van der Waals surface area contributed by atoms with Crippen molar-refractivity contribution < 1.29 is 14.6 Å². The fourth-order valence-corrected chi connectivity index (χ4v) is 5.71. The Morgan fingerprint density at radius 3 is 2.78 bits per heavy atom. The van der Waals surface area contributed by atoms with Crippen molar-refractivity contribution in [3.8, 4) is 11.5 Å². The van der Waals surface area contributed by atoms with Crippen LogP contribution in [0.25, 0.3) is 10.9 Å². The second kappa shape index (κ2) is 10.0. The van der Waals surface area contributed by atoms with Gasteiger partial charge in [-0.3, -0.25) is 4.68 Å². The molecule has 2 atom stereocenters. The van der Waals surface area contributed by atoms with Gasteiger partial charge in [-0.05, 0) is 80.6 Å². The first kappa shape index (κ1) is 23.2. The van der Waals surface area contributed by atoms with Crippen molar-refractivity contribution in [3.05, 3.63) is 48.2 Å². The fraction of sp³-hybridized carbons (Fsp3) is 0.500. The zero-order valence-corrected chi connectivity index (χ0v) is 20.9. The molecule has 190 valence electrons. The highest BCUT2D eigenvalue weighted by molar-refractivity contribution is 5.83. The van der Waals surface area contributed by atoms with E-state index in [2.05, 4.69) is 45.2 Å². The summed E-state index contributed by atoms with van der Waals surface area (Å²) in [4.78, 5) is 9.57. The van der Waals surface area contributed by atoms with Crippen LogP contribution in [0.15, 0.2) is 47.6 Å². The minimum atomic E-state index is -0.0615. The highest BCUT2D eigenvalue weighted by Crippen LogP contribution is 2.32. The lowest BCUT2D eigenvalue weighted by atomic mass is 10.0. The van der Waals surface area contributed by atoms with Crippen LogP contribution in [0.2, 0.25) is 0 Å². The van der Waals surface area contributed by atoms with Crippen LogP contribution in [0.4, 0.5) is 5.69 Å². The molecule has 1 aromatic heterocycles. The first-order valence-electron chi connectivity index (χ1n) is 13.1. The molecule has 0 aliphatic carbocycles. The molecule has 0 amide bonds. The molecule has 0 spiro atoms. The number of anilines is 1. The number of benzene rings is 2. The summed E-state index contributed by atoms with van der Waals surface area (Å²) in [5, 5.41) is 18.9. The molecule has 2 aromatic carbocycles. The number of likely N-dealkylation sites (tertiary alicyclic amines) is 1. The third-order valence-corrected chi connectivity index (χ3v) is 7.69. The Hall–Kier alpha value is -3.26. The number of hydrogen-bond acceptors (Lipinski definition) is 7. The number of fused-ring (bicyclic) bond motifs is 2. The maximum absolute atomic E-state index is 13.4. The summed E-state index contributed by atoms with van der Waals surface area (Å²) >= 11 is 0. The standard InChI is InChI=1S/C28H35N5O3/c1-31-25-16-24(6-5-21(25)17-29-31)33-11-8-22(18-33)28(34)30-23(19-32-9-2-3-10-32)14-20-4-7-26-27(15-20)36-13-12-35-26/h4-7,15-17,22-23H,2-3,8-14,18-19H2,1H3,(H,30,34)/p-1/t22-,23?/m1/s1. The number of aromatic nitrogens is 2. The number of ether oxygens (including phenoxy) is 2. The predicted molar refractivity (Wildman–Crippen MR) is 139 cm³/mol. The largest absolute Gasteiger partial charge is 0.862 e. The molecule has 3 aliphatic rings. The van der Waals surface area contributed by atoms with Crippen molar-refractivity contribution in [2.24, 2.45) is 18.0 Å². The third kappa shape index (κ3) is 4.87. The van der Waals surface area contributed by atoms with Gasteiger partial charge < -0.3 is 29.4 Å². The summed E-state index contributed by atoms with van der Waals surface area (Å²) in [6, 6.07) is 12.5. The molecule has 3 aromatic rings. The molecule has 1 unspecified atom stereocenters. The monoisotopic (exact) mass is 488 g/mol. The van der Waals surface area contributed by atoms with Crippen molar-refractivity contribution in [2.45, 2.75) is 31.7 Å². The zero-order chi connectivity index (χ0) is 24.5. The van der Waals surface area contributed by atoms with E-state index in [1.807, 2.05) is 24.0 Å². The number of aliphatic imine (C=N–C) groups is 1. The molecule has 3 aliphatic heterocycles. The molecule has 2 fully saturated rings. The van der Waals surface area contributed by atoms with Crippen LogP contribution in [0.5, 0.6) is 11.5 Å². The van der Waals surface area contributed by atoms with Crippen molar-refractivity contribution in [1.82, 2.24) is 14.7 Å². The number of aryl methyl sites for hydroxylation is 1. The highest BCUT2D eigenvalue weighted by Gasteiger charge is 2.25. The van der Waals surface area contributed by atoms with Gasteiger partial charge in [0.15, 0.2) is 11.5 Å². The Kier molecular flexibility index (Phi) is 6.44. The van der Waals surface area contributed by atoms with Gasteiger partial charge in [0.1, 0.15) is 13.2 Å². The van der Waals surface area contributed by atoms with E-state index in [-0.39, 0.29) is 17.9 Å². The van der Waals surface area contributed by atoms with E-state index in [4.69, 9.17) is 14.5 Å². The van der Waals surface area contributed by atoms with Gasteiger partial charge in [-0.1, -0.05) is 6.07 Å². The number of nitrogens with zero attached hydrogens (tertiary/aromatic N) is 5. The minimum Gasteiger partial charge on any atom is -0.862 e.